The van der Waals surface area contributed by atoms with Gasteiger partial charge >= 0.3 is 0 Å². The molecule has 0 atom stereocenters. The Kier molecular flexibility index (Phi) is 4.05. The number of methoxy groups -OCH3 is 1. The van der Waals surface area contributed by atoms with Gasteiger partial charge in [-0.25, -0.2) is 0 Å². The zero-order chi connectivity index (χ0) is 14.5. The van der Waals surface area contributed by atoms with Gasteiger partial charge in [0.2, 0.25) is 5.75 Å². The lowest BCUT2D eigenvalue weighted by molar-refractivity contribution is 0.104. The van der Waals surface area contributed by atoms with E-state index in [1.54, 1.807) is 30.3 Å². The van der Waals surface area contributed by atoms with Crippen molar-refractivity contribution in [3.63, 3.8) is 0 Å². The van der Waals surface area contributed by atoms with Crippen molar-refractivity contribution in [2.75, 3.05) is 7.11 Å². The minimum atomic E-state index is -0.346. The molecule has 2 aromatic carbocycles. The highest BCUT2D eigenvalue weighted by Gasteiger charge is 2.11. The van der Waals surface area contributed by atoms with Crippen molar-refractivity contribution >= 4 is 11.9 Å². The van der Waals surface area contributed by atoms with E-state index < -0.39 is 0 Å². The third-order valence-electron chi connectivity index (χ3n) is 2.82. The second-order valence-electron chi connectivity index (χ2n) is 4.12. The standard InChI is InChI=1S/C16H14O4/c1-20-16-12(8-10-14(18)15(16)19)7-9-13(17)11-5-3-2-4-6-11/h2-10,18-19H,1H3. The molecule has 0 saturated heterocycles. The SMILES string of the molecule is COc1c(C=CC(=O)c2ccccc2)ccc(O)c1O. The van der Waals surface area contributed by atoms with E-state index in [4.69, 9.17) is 4.74 Å². The fraction of sp³-hybridized carbons (Fsp3) is 0.0625. The summed E-state index contributed by atoms with van der Waals surface area (Å²) in [5.74, 6) is -0.641. The van der Waals surface area contributed by atoms with Gasteiger partial charge in [0.25, 0.3) is 0 Å². The summed E-state index contributed by atoms with van der Waals surface area (Å²) < 4.78 is 5.02. The van der Waals surface area contributed by atoms with Crippen molar-refractivity contribution in [1.29, 1.82) is 0 Å². The van der Waals surface area contributed by atoms with E-state index in [1.807, 2.05) is 6.07 Å². The van der Waals surface area contributed by atoms with Crippen molar-refractivity contribution in [2.45, 2.75) is 0 Å². The summed E-state index contributed by atoms with van der Waals surface area (Å²) in [6.45, 7) is 0. The molecular weight excluding hydrogens is 256 g/mol. The molecule has 0 saturated carbocycles. The Bertz CT molecular complexity index is 645. The molecule has 20 heavy (non-hydrogen) atoms. The average Bonchev–Trinajstić information content (AvgIpc) is 2.49. The van der Waals surface area contributed by atoms with Crippen LogP contribution in [-0.2, 0) is 0 Å². The Morgan fingerprint density at radius 3 is 2.45 bits per heavy atom. The number of phenolic OH excluding ortho intramolecular Hbond substituents is 2. The van der Waals surface area contributed by atoms with Gasteiger partial charge in [-0.3, -0.25) is 4.79 Å². The number of benzene rings is 2. The molecule has 0 aliphatic heterocycles. The summed E-state index contributed by atoms with van der Waals surface area (Å²) in [6.07, 6.45) is 2.93. The maximum Gasteiger partial charge on any atom is 0.201 e. The second kappa shape index (κ2) is 5.93. The molecule has 0 bridgehead atoms. The zero-order valence-electron chi connectivity index (χ0n) is 10.9. The summed E-state index contributed by atoms with van der Waals surface area (Å²) in [7, 11) is 1.38. The summed E-state index contributed by atoms with van der Waals surface area (Å²) in [5, 5.41) is 19.1. The highest BCUT2D eigenvalue weighted by atomic mass is 16.5. The lowest BCUT2D eigenvalue weighted by Gasteiger charge is -2.08. The molecule has 2 N–H and O–H groups in total. The van der Waals surface area contributed by atoms with Crippen LogP contribution in [0.1, 0.15) is 15.9 Å². The smallest absolute Gasteiger partial charge is 0.201 e. The zero-order valence-corrected chi connectivity index (χ0v) is 10.9. The Hall–Kier alpha value is -2.75. The Morgan fingerprint density at radius 2 is 1.80 bits per heavy atom. The van der Waals surface area contributed by atoms with Crippen molar-refractivity contribution in [2.24, 2.45) is 0 Å². The summed E-state index contributed by atoms with van der Waals surface area (Å²) in [6, 6.07) is 11.7. The van der Waals surface area contributed by atoms with Crippen LogP contribution in [0.3, 0.4) is 0 Å². The topological polar surface area (TPSA) is 66.8 Å². The molecule has 0 spiro atoms. The van der Waals surface area contributed by atoms with Crippen LogP contribution in [0.5, 0.6) is 17.2 Å². The van der Waals surface area contributed by atoms with Crippen LogP contribution in [0.4, 0.5) is 0 Å². The first kappa shape index (κ1) is 13.7. The van der Waals surface area contributed by atoms with Gasteiger partial charge in [0.15, 0.2) is 17.3 Å². The van der Waals surface area contributed by atoms with Crippen molar-refractivity contribution in [3.05, 3.63) is 59.7 Å². The number of ketones is 1. The van der Waals surface area contributed by atoms with Crippen LogP contribution < -0.4 is 4.74 Å². The molecule has 0 aliphatic rings. The highest BCUT2D eigenvalue weighted by Crippen LogP contribution is 2.38. The summed E-state index contributed by atoms with van der Waals surface area (Å²) >= 11 is 0. The molecule has 0 aromatic heterocycles. The first-order valence-corrected chi connectivity index (χ1v) is 6.00. The molecule has 0 fully saturated rings. The van der Waals surface area contributed by atoms with E-state index in [-0.39, 0.29) is 23.0 Å². The molecule has 4 heteroatoms. The Labute approximate surface area is 116 Å². The van der Waals surface area contributed by atoms with Crippen molar-refractivity contribution in [1.82, 2.24) is 0 Å². The van der Waals surface area contributed by atoms with Gasteiger partial charge in [0.05, 0.1) is 7.11 Å². The van der Waals surface area contributed by atoms with Gasteiger partial charge in [0, 0.05) is 11.1 Å². The number of rotatable bonds is 4. The van der Waals surface area contributed by atoms with Crippen molar-refractivity contribution in [3.8, 4) is 17.2 Å². The monoisotopic (exact) mass is 270 g/mol. The highest BCUT2D eigenvalue weighted by molar-refractivity contribution is 6.06. The van der Waals surface area contributed by atoms with Gasteiger partial charge in [-0.2, -0.15) is 0 Å². The lowest BCUT2D eigenvalue weighted by Crippen LogP contribution is -1.93. The second-order valence-corrected chi connectivity index (χ2v) is 4.12. The predicted octanol–water partition coefficient (Wildman–Crippen LogP) is 3.00. The number of allylic oxidation sites excluding steroid dienone is 1. The van der Waals surface area contributed by atoms with E-state index >= 15 is 0 Å². The number of hydrogen-bond acceptors (Lipinski definition) is 4. The summed E-state index contributed by atoms with van der Waals surface area (Å²) in [5.41, 5.74) is 1.08. The number of ether oxygens (including phenoxy) is 1. The molecular formula is C16H14O4. The fourth-order valence-corrected chi connectivity index (χ4v) is 1.79. The minimum absolute atomic E-state index is 0.127. The molecule has 0 amide bonds. The maximum atomic E-state index is 11.9. The van der Waals surface area contributed by atoms with E-state index in [2.05, 4.69) is 0 Å². The number of phenols is 2. The largest absolute Gasteiger partial charge is 0.504 e. The molecule has 0 aliphatic carbocycles. The third-order valence-corrected chi connectivity index (χ3v) is 2.82. The van der Waals surface area contributed by atoms with Crippen LogP contribution in [0.2, 0.25) is 0 Å². The van der Waals surface area contributed by atoms with Crippen LogP contribution in [0.15, 0.2) is 48.5 Å². The lowest BCUT2D eigenvalue weighted by atomic mass is 10.1. The molecule has 0 heterocycles. The molecule has 2 rings (SSSR count). The van der Waals surface area contributed by atoms with Crippen LogP contribution in [0, 0.1) is 0 Å². The molecule has 0 unspecified atom stereocenters. The molecule has 4 nitrogen and oxygen atoms in total. The predicted molar refractivity (Wildman–Crippen MR) is 76.1 cm³/mol. The number of carbonyl (C=O) groups excluding carboxylic acids is 1. The van der Waals surface area contributed by atoms with Gasteiger partial charge in [-0.15, -0.1) is 0 Å². The van der Waals surface area contributed by atoms with E-state index in [1.165, 1.54) is 25.3 Å². The van der Waals surface area contributed by atoms with Gasteiger partial charge < -0.3 is 14.9 Å². The maximum absolute atomic E-state index is 11.9. The first-order valence-electron chi connectivity index (χ1n) is 6.00. The Morgan fingerprint density at radius 1 is 1.10 bits per heavy atom. The average molecular weight is 270 g/mol. The number of carbonyl (C=O) groups is 1. The molecule has 0 radical (unpaired) electrons. The van der Waals surface area contributed by atoms with E-state index in [0.717, 1.165) is 0 Å². The van der Waals surface area contributed by atoms with Crippen LogP contribution >= 0.6 is 0 Å². The Balaban J connectivity index is 2.28. The van der Waals surface area contributed by atoms with E-state index in [9.17, 15) is 15.0 Å². The number of hydrogen-bond donors (Lipinski definition) is 2. The normalized spacial score (nSPS) is 10.7. The molecule has 102 valence electrons. The van der Waals surface area contributed by atoms with Crippen LogP contribution in [0.25, 0.3) is 6.08 Å². The first-order chi connectivity index (χ1) is 9.63. The van der Waals surface area contributed by atoms with Crippen molar-refractivity contribution < 1.29 is 19.7 Å². The van der Waals surface area contributed by atoms with E-state index in [0.29, 0.717) is 11.1 Å². The molecule has 2 aromatic rings. The summed E-state index contributed by atoms with van der Waals surface area (Å²) in [4.78, 5) is 11.9. The quantitative estimate of drug-likeness (QED) is 0.509. The van der Waals surface area contributed by atoms with Gasteiger partial charge in [-0.05, 0) is 24.3 Å². The fourth-order valence-electron chi connectivity index (χ4n) is 1.79. The minimum Gasteiger partial charge on any atom is -0.504 e. The number of aromatic hydroxyl groups is 2. The van der Waals surface area contributed by atoms with Gasteiger partial charge in [-0.1, -0.05) is 30.3 Å². The van der Waals surface area contributed by atoms with Crippen LogP contribution in [-0.4, -0.2) is 23.1 Å². The van der Waals surface area contributed by atoms with Gasteiger partial charge in [0.1, 0.15) is 0 Å². The third kappa shape index (κ3) is 2.80.